The van der Waals surface area contributed by atoms with Crippen molar-refractivity contribution in [1.82, 2.24) is 20.8 Å². The number of rotatable bonds is 5. The Hall–Kier alpha value is -1.56. The molecule has 0 aromatic carbocycles. The van der Waals surface area contributed by atoms with Gasteiger partial charge in [-0.3, -0.25) is 5.10 Å². The van der Waals surface area contributed by atoms with Crippen LogP contribution in [-0.2, 0) is 11.3 Å². The van der Waals surface area contributed by atoms with E-state index in [0.717, 1.165) is 17.9 Å². The number of aryl methyl sites for hydroxylation is 2. The number of aromatic nitrogens is 2. The summed E-state index contributed by atoms with van der Waals surface area (Å²) in [7, 11) is 0. The normalized spacial score (nSPS) is 13.1. The molecule has 6 nitrogen and oxygen atoms in total. The minimum atomic E-state index is -0.467. The molecular formula is C14H26N4O2. The van der Waals surface area contributed by atoms with Gasteiger partial charge in [-0.2, -0.15) is 5.10 Å². The van der Waals surface area contributed by atoms with E-state index in [4.69, 9.17) is 4.74 Å². The molecular weight excluding hydrogens is 256 g/mol. The van der Waals surface area contributed by atoms with E-state index >= 15 is 0 Å². The maximum absolute atomic E-state index is 11.5. The Morgan fingerprint density at radius 1 is 1.40 bits per heavy atom. The van der Waals surface area contributed by atoms with E-state index in [1.807, 2.05) is 41.5 Å². The molecule has 1 atom stereocenters. The predicted octanol–water partition coefficient (Wildman–Crippen LogP) is 2.03. The first kappa shape index (κ1) is 16.5. The van der Waals surface area contributed by atoms with Gasteiger partial charge in [0.25, 0.3) is 0 Å². The quantitative estimate of drug-likeness (QED) is 0.772. The second-order valence-electron chi connectivity index (χ2n) is 6.08. The molecule has 1 unspecified atom stereocenters. The zero-order valence-corrected chi connectivity index (χ0v) is 13.3. The second-order valence-corrected chi connectivity index (χ2v) is 6.08. The third kappa shape index (κ3) is 5.61. The smallest absolute Gasteiger partial charge is 0.407 e. The average molecular weight is 282 g/mol. The lowest BCUT2D eigenvalue weighted by atomic mass is 10.2. The van der Waals surface area contributed by atoms with Gasteiger partial charge in [-0.15, -0.1) is 0 Å². The number of alkyl carbamates (subject to hydrolysis) is 1. The van der Waals surface area contributed by atoms with Crippen LogP contribution in [0, 0.1) is 13.8 Å². The Labute approximate surface area is 120 Å². The van der Waals surface area contributed by atoms with Crippen LogP contribution in [0.15, 0.2) is 0 Å². The standard InChI is InChI=1S/C14H26N4O2/c1-9(7-16-13(19)20-14(4,5)6)15-8-12-10(2)17-18-11(12)3/h9,15H,7-8H2,1-6H3,(H,16,19)(H,17,18). The van der Waals surface area contributed by atoms with E-state index in [1.165, 1.54) is 5.56 Å². The minimum Gasteiger partial charge on any atom is -0.444 e. The van der Waals surface area contributed by atoms with Crippen molar-refractivity contribution in [1.29, 1.82) is 0 Å². The molecule has 114 valence electrons. The number of nitrogens with zero attached hydrogens (tertiary/aromatic N) is 1. The number of aromatic amines is 1. The van der Waals surface area contributed by atoms with Crippen LogP contribution in [0.1, 0.15) is 44.6 Å². The van der Waals surface area contributed by atoms with Crippen LogP contribution in [-0.4, -0.2) is 34.5 Å². The first-order valence-corrected chi connectivity index (χ1v) is 6.89. The van der Waals surface area contributed by atoms with Gasteiger partial charge in [-0.25, -0.2) is 4.79 Å². The molecule has 1 amide bonds. The van der Waals surface area contributed by atoms with Crippen LogP contribution in [0.25, 0.3) is 0 Å². The first-order valence-electron chi connectivity index (χ1n) is 6.89. The summed E-state index contributed by atoms with van der Waals surface area (Å²) in [6.07, 6.45) is -0.387. The Bertz CT molecular complexity index is 429. The topological polar surface area (TPSA) is 79.0 Å². The molecule has 0 saturated carbocycles. The van der Waals surface area contributed by atoms with Gasteiger partial charge < -0.3 is 15.4 Å². The molecule has 0 aliphatic heterocycles. The van der Waals surface area contributed by atoms with Crippen LogP contribution in [0.4, 0.5) is 4.79 Å². The van der Waals surface area contributed by atoms with Gasteiger partial charge >= 0.3 is 6.09 Å². The van der Waals surface area contributed by atoms with Crippen molar-refractivity contribution in [2.75, 3.05) is 6.54 Å². The summed E-state index contributed by atoms with van der Waals surface area (Å²) in [4.78, 5) is 11.5. The molecule has 1 aromatic heterocycles. The van der Waals surface area contributed by atoms with Gasteiger partial charge in [0, 0.05) is 30.4 Å². The fraction of sp³-hybridized carbons (Fsp3) is 0.714. The van der Waals surface area contributed by atoms with E-state index in [0.29, 0.717) is 6.54 Å². The largest absolute Gasteiger partial charge is 0.444 e. The number of carbonyl (C=O) groups excluding carboxylic acids is 1. The monoisotopic (exact) mass is 282 g/mol. The van der Waals surface area contributed by atoms with Gasteiger partial charge in [-0.05, 0) is 41.5 Å². The van der Waals surface area contributed by atoms with Crippen molar-refractivity contribution in [3.05, 3.63) is 17.0 Å². The lowest BCUT2D eigenvalue weighted by Crippen LogP contribution is -2.41. The molecule has 20 heavy (non-hydrogen) atoms. The van der Waals surface area contributed by atoms with Crippen LogP contribution >= 0.6 is 0 Å². The summed E-state index contributed by atoms with van der Waals surface area (Å²) in [6, 6.07) is 0.149. The van der Waals surface area contributed by atoms with Gasteiger partial charge in [0.15, 0.2) is 0 Å². The van der Waals surface area contributed by atoms with Gasteiger partial charge in [0.2, 0.25) is 0 Å². The number of carbonyl (C=O) groups is 1. The highest BCUT2D eigenvalue weighted by molar-refractivity contribution is 5.67. The summed E-state index contributed by atoms with van der Waals surface area (Å²) in [5.41, 5.74) is 2.78. The maximum atomic E-state index is 11.5. The van der Waals surface area contributed by atoms with Crippen molar-refractivity contribution in [3.63, 3.8) is 0 Å². The van der Waals surface area contributed by atoms with E-state index < -0.39 is 5.60 Å². The van der Waals surface area contributed by atoms with Gasteiger partial charge in [-0.1, -0.05) is 0 Å². The zero-order chi connectivity index (χ0) is 15.3. The van der Waals surface area contributed by atoms with Crippen molar-refractivity contribution in [2.45, 2.75) is 59.7 Å². The summed E-state index contributed by atoms with van der Waals surface area (Å²) < 4.78 is 5.18. The highest BCUT2D eigenvalue weighted by Crippen LogP contribution is 2.09. The number of ether oxygens (including phenoxy) is 1. The molecule has 1 heterocycles. The number of H-pyrrole nitrogens is 1. The van der Waals surface area contributed by atoms with E-state index in [1.54, 1.807) is 0 Å². The van der Waals surface area contributed by atoms with E-state index in [2.05, 4.69) is 20.8 Å². The second kappa shape index (κ2) is 6.74. The molecule has 0 bridgehead atoms. The lowest BCUT2D eigenvalue weighted by Gasteiger charge is -2.21. The highest BCUT2D eigenvalue weighted by Gasteiger charge is 2.16. The summed E-state index contributed by atoms with van der Waals surface area (Å²) in [5.74, 6) is 0. The first-order chi connectivity index (χ1) is 9.19. The molecule has 1 aromatic rings. The Morgan fingerprint density at radius 2 is 2.05 bits per heavy atom. The molecule has 3 N–H and O–H groups in total. The third-order valence-corrected chi connectivity index (χ3v) is 2.86. The summed E-state index contributed by atoms with van der Waals surface area (Å²) >= 11 is 0. The van der Waals surface area contributed by atoms with E-state index in [-0.39, 0.29) is 12.1 Å². The van der Waals surface area contributed by atoms with Gasteiger partial charge in [0.05, 0.1) is 5.69 Å². The highest BCUT2D eigenvalue weighted by atomic mass is 16.6. The predicted molar refractivity (Wildman–Crippen MR) is 78.6 cm³/mol. The molecule has 0 aliphatic carbocycles. The summed E-state index contributed by atoms with van der Waals surface area (Å²) in [5, 5.41) is 13.2. The van der Waals surface area contributed by atoms with Crippen LogP contribution in [0.3, 0.4) is 0 Å². The number of nitrogens with one attached hydrogen (secondary N) is 3. The number of hydrogen-bond donors (Lipinski definition) is 3. The SMILES string of the molecule is Cc1n[nH]c(C)c1CNC(C)CNC(=O)OC(C)(C)C. The molecule has 0 fully saturated rings. The zero-order valence-electron chi connectivity index (χ0n) is 13.3. The van der Waals surface area contributed by atoms with Crippen LogP contribution in [0.5, 0.6) is 0 Å². The molecule has 0 spiro atoms. The minimum absolute atomic E-state index is 0.149. The van der Waals surface area contributed by atoms with E-state index in [9.17, 15) is 4.79 Å². The summed E-state index contributed by atoms with van der Waals surface area (Å²) in [6.45, 7) is 12.8. The molecule has 0 saturated heterocycles. The molecule has 0 radical (unpaired) electrons. The Kier molecular flexibility index (Phi) is 5.56. The molecule has 1 rings (SSSR count). The molecule has 6 heteroatoms. The number of amides is 1. The van der Waals surface area contributed by atoms with Crippen molar-refractivity contribution >= 4 is 6.09 Å². The average Bonchev–Trinajstić information content (AvgIpc) is 2.62. The fourth-order valence-electron chi connectivity index (χ4n) is 1.73. The van der Waals surface area contributed by atoms with Crippen LogP contribution < -0.4 is 10.6 Å². The van der Waals surface area contributed by atoms with Crippen molar-refractivity contribution in [2.24, 2.45) is 0 Å². The maximum Gasteiger partial charge on any atom is 0.407 e. The Morgan fingerprint density at radius 3 is 2.55 bits per heavy atom. The van der Waals surface area contributed by atoms with Crippen molar-refractivity contribution in [3.8, 4) is 0 Å². The number of hydrogen-bond acceptors (Lipinski definition) is 4. The van der Waals surface area contributed by atoms with Gasteiger partial charge in [0.1, 0.15) is 5.60 Å². The molecule has 0 aliphatic rings. The lowest BCUT2D eigenvalue weighted by molar-refractivity contribution is 0.0523. The Balaban J connectivity index is 2.31. The third-order valence-electron chi connectivity index (χ3n) is 2.86. The van der Waals surface area contributed by atoms with Crippen LogP contribution in [0.2, 0.25) is 0 Å². The van der Waals surface area contributed by atoms with Crippen molar-refractivity contribution < 1.29 is 9.53 Å². The fourth-order valence-corrected chi connectivity index (χ4v) is 1.73.